The van der Waals surface area contributed by atoms with Crippen LogP contribution in [-0.4, -0.2) is 36.8 Å². The van der Waals surface area contributed by atoms with Gasteiger partial charge in [0.25, 0.3) is 0 Å². The predicted molar refractivity (Wildman–Crippen MR) is 63.9 cm³/mol. The molecule has 2 N–H and O–H groups in total. The van der Waals surface area contributed by atoms with Crippen LogP contribution in [0.2, 0.25) is 0 Å². The fraction of sp³-hybridized carbons (Fsp3) is 0.556. The Labute approximate surface area is 97.8 Å². The van der Waals surface area contributed by atoms with Gasteiger partial charge in [-0.25, -0.2) is 9.97 Å². The molecule has 0 aliphatic carbocycles. The average molecular weight is 275 g/mol. The van der Waals surface area contributed by atoms with Crippen molar-refractivity contribution >= 4 is 27.6 Å². The maximum Gasteiger partial charge on any atom is 0.148 e. The molecule has 1 aromatic rings. The molecular formula is C9H15BrN4O. The van der Waals surface area contributed by atoms with Gasteiger partial charge in [-0.05, 0) is 22.9 Å². The highest BCUT2D eigenvalue weighted by molar-refractivity contribution is 9.10. The molecule has 1 aromatic heterocycles. The van der Waals surface area contributed by atoms with Gasteiger partial charge in [0.15, 0.2) is 0 Å². The molecule has 84 valence electrons. The van der Waals surface area contributed by atoms with E-state index in [4.69, 9.17) is 10.5 Å². The zero-order chi connectivity index (χ0) is 11.3. The largest absolute Gasteiger partial charge is 0.383 e. The van der Waals surface area contributed by atoms with Crippen molar-refractivity contribution in [3.05, 3.63) is 10.8 Å². The fourth-order valence-corrected chi connectivity index (χ4v) is 1.66. The van der Waals surface area contributed by atoms with E-state index in [9.17, 15) is 0 Å². The quantitative estimate of drug-likeness (QED) is 0.877. The summed E-state index contributed by atoms with van der Waals surface area (Å²) >= 11 is 3.38. The zero-order valence-electron chi connectivity index (χ0n) is 8.90. The predicted octanol–water partition coefficient (Wildman–Crippen LogP) is 1.29. The number of likely N-dealkylation sites (N-methyl/N-ethyl adjacent to an activating group) is 1. The summed E-state index contributed by atoms with van der Waals surface area (Å²) in [6, 6.07) is 0. The molecule has 0 bridgehead atoms. The third-order valence-corrected chi connectivity index (χ3v) is 2.81. The van der Waals surface area contributed by atoms with Gasteiger partial charge in [-0.1, -0.05) is 0 Å². The van der Waals surface area contributed by atoms with E-state index < -0.39 is 0 Å². The van der Waals surface area contributed by atoms with E-state index in [2.05, 4.69) is 37.7 Å². The third-order valence-electron chi connectivity index (χ3n) is 2.04. The molecule has 6 heteroatoms. The highest BCUT2D eigenvalue weighted by Gasteiger charge is 2.12. The molecule has 0 atom stereocenters. The highest BCUT2D eigenvalue weighted by atomic mass is 79.9. The van der Waals surface area contributed by atoms with Crippen LogP contribution in [0.4, 0.5) is 11.6 Å². The summed E-state index contributed by atoms with van der Waals surface area (Å²) in [4.78, 5) is 10.2. The lowest BCUT2D eigenvalue weighted by Crippen LogP contribution is -2.28. The summed E-state index contributed by atoms with van der Waals surface area (Å²) < 4.78 is 5.77. The van der Waals surface area contributed by atoms with E-state index in [1.165, 1.54) is 6.33 Å². The summed E-state index contributed by atoms with van der Waals surface area (Å²) in [6.07, 6.45) is 1.46. The number of nitrogens with two attached hydrogens (primary N) is 1. The number of anilines is 2. The van der Waals surface area contributed by atoms with Crippen LogP contribution in [0.1, 0.15) is 6.92 Å². The molecule has 0 fully saturated rings. The van der Waals surface area contributed by atoms with E-state index in [1.54, 1.807) is 7.11 Å². The Kier molecular flexibility index (Phi) is 4.77. The van der Waals surface area contributed by atoms with Crippen LogP contribution >= 0.6 is 15.9 Å². The lowest BCUT2D eigenvalue weighted by Gasteiger charge is -2.22. The van der Waals surface area contributed by atoms with Crippen LogP contribution < -0.4 is 10.6 Å². The van der Waals surface area contributed by atoms with Gasteiger partial charge in [0, 0.05) is 20.2 Å². The smallest absolute Gasteiger partial charge is 0.148 e. The second kappa shape index (κ2) is 5.87. The Morgan fingerprint density at radius 1 is 1.53 bits per heavy atom. The summed E-state index contributed by atoms with van der Waals surface area (Å²) in [5.41, 5.74) is 5.69. The SMILES string of the molecule is CCN(CCOC)c1ncnc(N)c1Br. The van der Waals surface area contributed by atoms with Crippen molar-refractivity contribution in [1.29, 1.82) is 0 Å². The van der Waals surface area contributed by atoms with E-state index in [0.29, 0.717) is 12.4 Å². The highest BCUT2D eigenvalue weighted by Crippen LogP contribution is 2.26. The molecule has 0 aliphatic heterocycles. The van der Waals surface area contributed by atoms with E-state index in [-0.39, 0.29) is 0 Å². The maximum absolute atomic E-state index is 5.69. The van der Waals surface area contributed by atoms with E-state index in [0.717, 1.165) is 23.4 Å². The fourth-order valence-electron chi connectivity index (χ4n) is 1.21. The molecule has 1 heterocycles. The molecule has 0 unspecified atom stereocenters. The summed E-state index contributed by atoms with van der Waals surface area (Å²) in [5, 5.41) is 0. The lowest BCUT2D eigenvalue weighted by molar-refractivity contribution is 0.205. The molecule has 0 spiro atoms. The van der Waals surface area contributed by atoms with Gasteiger partial charge in [0.05, 0.1) is 6.61 Å². The number of hydrogen-bond donors (Lipinski definition) is 1. The Bertz CT molecular complexity index is 321. The molecule has 0 radical (unpaired) electrons. The van der Waals surface area contributed by atoms with Crippen LogP contribution in [0.25, 0.3) is 0 Å². The molecule has 0 aliphatic rings. The number of halogens is 1. The minimum absolute atomic E-state index is 0.455. The second-order valence-electron chi connectivity index (χ2n) is 2.97. The van der Waals surface area contributed by atoms with Crippen LogP contribution in [0, 0.1) is 0 Å². The number of nitrogens with zero attached hydrogens (tertiary/aromatic N) is 3. The Morgan fingerprint density at radius 3 is 2.87 bits per heavy atom. The number of methoxy groups -OCH3 is 1. The maximum atomic E-state index is 5.69. The van der Waals surface area contributed by atoms with Gasteiger partial charge in [-0.3, -0.25) is 0 Å². The average Bonchev–Trinajstić information content (AvgIpc) is 2.25. The normalized spacial score (nSPS) is 10.3. The molecule has 0 aromatic carbocycles. The van der Waals surface area contributed by atoms with E-state index >= 15 is 0 Å². The number of ether oxygens (including phenoxy) is 1. The van der Waals surface area contributed by atoms with Crippen molar-refractivity contribution in [2.24, 2.45) is 0 Å². The standard InChI is InChI=1S/C9H15BrN4O/c1-3-14(4-5-15-2)9-7(10)8(11)12-6-13-9/h6H,3-5H2,1-2H3,(H2,11,12,13). The molecule has 5 nitrogen and oxygen atoms in total. The van der Waals surface area contributed by atoms with Gasteiger partial charge in [0.1, 0.15) is 22.4 Å². The van der Waals surface area contributed by atoms with Gasteiger partial charge in [-0.15, -0.1) is 0 Å². The Morgan fingerprint density at radius 2 is 2.27 bits per heavy atom. The monoisotopic (exact) mass is 274 g/mol. The van der Waals surface area contributed by atoms with Gasteiger partial charge in [-0.2, -0.15) is 0 Å². The van der Waals surface area contributed by atoms with Crippen molar-refractivity contribution < 1.29 is 4.74 Å². The van der Waals surface area contributed by atoms with Gasteiger partial charge >= 0.3 is 0 Å². The zero-order valence-corrected chi connectivity index (χ0v) is 10.5. The van der Waals surface area contributed by atoms with Crippen molar-refractivity contribution in [2.75, 3.05) is 37.4 Å². The first kappa shape index (κ1) is 12.2. The summed E-state index contributed by atoms with van der Waals surface area (Å²) in [5.74, 6) is 1.26. The molecular weight excluding hydrogens is 260 g/mol. The minimum Gasteiger partial charge on any atom is -0.383 e. The number of rotatable bonds is 5. The van der Waals surface area contributed by atoms with Crippen molar-refractivity contribution in [1.82, 2.24) is 9.97 Å². The van der Waals surface area contributed by atoms with Gasteiger partial charge in [0.2, 0.25) is 0 Å². The van der Waals surface area contributed by atoms with Crippen LogP contribution in [-0.2, 0) is 4.74 Å². The van der Waals surface area contributed by atoms with Gasteiger partial charge < -0.3 is 15.4 Å². The van der Waals surface area contributed by atoms with Crippen molar-refractivity contribution in [3.63, 3.8) is 0 Å². The topological polar surface area (TPSA) is 64.3 Å². The molecule has 0 saturated carbocycles. The van der Waals surface area contributed by atoms with Crippen LogP contribution in [0.3, 0.4) is 0 Å². The molecule has 0 saturated heterocycles. The summed E-state index contributed by atoms with van der Waals surface area (Å²) in [6.45, 7) is 4.34. The number of nitrogen functional groups attached to an aromatic ring is 1. The summed E-state index contributed by atoms with van der Waals surface area (Å²) in [7, 11) is 1.68. The van der Waals surface area contributed by atoms with E-state index in [1.807, 2.05) is 0 Å². The van der Waals surface area contributed by atoms with Crippen LogP contribution in [0.5, 0.6) is 0 Å². The first-order valence-corrected chi connectivity index (χ1v) is 5.49. The second-order valence-corrected chi connectivity index (χ2v) is 3.76. The minimum atomic E-state index is 0.455. The Hall–Kier alpha value is -0.880. The first-order valence-electron chi connectivity index (χ1n) is 4.70. The molecule has 0 amide bonds. The lowest BCUT2D eigenvalue weighted by atomic mass is 10.4. The molecule has 1 rings (SSSR count). The molecule has 15 heavy (non-hydrogen) atoms. The third kappa shape index (κ3) is 3.04. The van der Waals surface area contributed by atoms with Crippen LogP contribution in [0.15, 0.2) is 10.8 Å². The number of hydrogen-bond acceptors (Lipinski definition) is 5. The number of aromatic nitrogens is 2. The van der Waals surface area contributed by atoms with Crippen molar-refractivity contribution in [2.45, 2.75) is 6.92 Å². The Balaban J connectivity index is 2.86. The first-order chi connectivity index (χ1) is 7.20. The van der Waals surface area contributed by atoms with Crippen molar-refractivity contribution in [3.8, 4) is 0 Å².